The van der Waals surface area contributed by atoms with E-state index < -0.39 is 28.3 Å². The monoisotopic (exact) mass is 326 g/mol. The molecule has 0 aromatic heterocycles. The van der Waals surface area contributed by atoms with Gasteiger partial charge in [-0.25, -0.2) is 5.14 Å². The van der Waals surface area contributed by atoms with Crippen molar-refractivity contribution >= 4 is 16.0 Å². The first-order valence-electron chi connectivity index (χ1n) is 6.05. The maximum absolute atomic E-state index is 10.9. The van der Waals surface area contributed by atoms with Crippen molar-refractivity contribution in [2.45, 2.75) is 31.8 Å². The Kier molecular flexibility index (Phi) is 6.22. The largest absolute Gasteiger partial charge is 1.00 e. The van der Waals surface area contributed by atoms with Crippen molar-refractivity contribution in [2.24, 2.45) is 5.14 Å². The average molecular weight is 326 g/mol. The van der Waals surface area contributed by atoms with Crippen LogP contribution < -0.4 is 40.4 Å². The summed E-state index contributed by atoms with van der Waals surface area (Å²) in [6.45, 7) is 3.23. The summed E-state index contributed by atoms with van der Waals surface area (Å²) in [6.07, 6.45) is -1.14. The summed E-state index contributed by atoms with van der Waals surface area (Å²) in [7, 11) is -4.03. The molecule has 0 spiro atoms. The van der Waals surface area contributed by atoms with E-state index in [1.165, 1.54) is 0 Å². The number of ether oxygens (including phenoxy) is 2. The first kappa shape index (κ1) is 18.9. The third-order valence-corrected chi connectivity index (χ3v) is 3.35. The zero-order chi connectivity index (χ0) is 15.0. The van der Waals surface area contributed by atoms with Crippen molar-refractivity contribution in [3.63, 3.8) is 0 Å². The molecule has 1 aliphatic rings. The van der Waals surface area contributed by atoms with E-state index in [1.54, 1.807) is 32.0 Å². The topological polar surface area (TPSA) is 114 Å². The molecule has 0 saturated carbocycles. The van der Waals surface area contributed by atoms with Crippen molar-refractivity contribution in [3.8, 4) is 0 Å². The van der Waals surface area contributed by atoms with Crippen LogP contribution in [0, 0.1) is 0 Å². The molecular formula is C12H19N2NaO5S. The minimum Gasteiger partial charge on any atom is -1.00 e. The van der Waals surface area contributed by atoms with Crippen molar-refractivity contribution in [1.82, 2.24) is 0 Å². The quantitative estimate of drug-likeness (QED) is 0.479. The zero-order valence-electron chi connectivity index (χ0n) is 13.3. The summed E-state index contributed by atoms with van der Waals surface area (Å²) >= 11 is 0. The molecule has 1 heterocycles. The van der Waals surface area contributed by atoms with Gasteiger partial charge in [-0.1, -0.05) is 18.2 Å². The normalized spacial score (nSPS) is 24.5. The average Bonchev–Trinajstić information content (AvgIpc) is 2.62. The van der Waals surface area contributed by atoms with E-state index in [4.69, 9.17) is 20.3 Å². The van der Waals surface area contributed by atoms with Crippen LogP contribution in [0.5, 0.6) is 0 Å². The first-order valence-corrected chi connectivity index (χ1v) is 7.52. The van der Waals surface area contributed by atoms with Crippen LogP contribution in [0.3, 0.4) is 0 Å². The van der Waals surface area contributed by atoms with E-state index in [-0.39, 0.29) is 37.6 Å². The Labute approximate surface area is 148 Å². The van der Waals surface area contributed by atoms with Crippen LogP contribution in [0.4, 0.5) is 5.69 Å². The summed E-state index contributed by atoms with van der Waals surface area (Å²) in [4.78, 5) is 0. The minimum atomic E-state index is -4.03. The molecule has 1 saturated heterocycles. The van der Waals surface area contributed by atoms with E-state index in [0.29, 0.717) is 5.69 Å². The molecule has 1 aromatic rings. The molecule has 0 amide bonds. The second-order valence-corrected chi connectivity index (χ2v) is 6.22. The van der Waals surface area contributed by atoms with Gasteiger partial charge in [0.25, 0.3) is 0 Å². The van der Waals surface area contributed by atoms with E-state index in [0.717, 1.165) is 5.56 Å². The van der Waals surface area contributed by atoms with E-state index in [1.807, 2.05) is 6.07 Å². The molecule has 1 fully saturated rings. The second-order valence-electron chi connectivity index (χ2n) is 5.00. The first-order chi connectivity index (χ1) is 9.18. The number of anilines is 1. The van der Waals surface area contributed by atoms with Gasteiger partial charge in [0.1, 0.15) is 12.2 Å². The Bertz CT molecular complexity index is 599. The number of para-hydroxylation sites is 1. The number of nitrogen functional groups attached to an aromatic ring is 1. The fraction of sp³-hybridized carbons (Fsp3) is 0.500. The summed E-state index contributed by atoms with van der Waals surface area (Å²) < 4.78 is 37.8. The number of rotatable bonds is 4. The fourth-order valence-electron chi connectivity index (χ4n) is 2.15. The van der Waals surface area contributed by atoms with E-state index in [2.05, 4.69) is 4.18 Å². The molecular weight excluding hydrogens is 307 g/mol. The van der Waals surface area contributed by atoms with Crippen LogP contribution in [0.2, 0.25) is 0 Å². The van der Waals surface area contributed by atoms with Crippen LogP contribution in [0.1, 0.15) is 26.9 Å². The van der Waals surface area contributed by atoms with Crippen LogP contribution in [0.25, 0.3) is 0 Å². The molecule has 21 heavy (non-hydrogen) atoms. The Morgan fingerprint density at radius 3 is 2.52 bits per heavy atom. The van der Waals surface area contributed by atoms with Crippen LogP contribution in [0.15, 0.2) is 24.3 Å². The Morgan fingerprint density at radius 2 is 1.95 bits per heavy atom. The summed E-state index contributed by atoms with van der Waals surface area (Å²) in [5.41, 5.74) is 7.18. The van der Waals surface area contributed by atoms with Gasteiger partial charge in [-0.05, 0) is 19.9 Å². The molecule has 0 aliphatic carbocycles. The van der Waals surface area contributed by atoms with Crippen molar-refractivity contribution in [2.75, 3.05) is 12.3 Å². The van der Waals surface area contributed by atoms with Gasteiger partial charge in [0, 0.05) is 11.3 Å². The minimum absolute atomic E-state index is 0. The molecule has 114 valence electrons. The summed E-state index contributed by atoms with van der Waals surface area (Å²) in [6, 6.07) is 7.16. The molecule has 9 heteroatoms. The molecule has 0 unspecified atom stereocenters. The number of hydrogen-bond donors (Lipinski definition) is 2. The molecule has 2 atom stereocenters. The molecule has 7 nitrogen and oxygen atoms in total. The molecule has 0 bridgehead atoms. The molecule has 0 radical (unpaired) electrons. The van der Waals surface area contributed by atoms with Gasteiger partial charge in [0.2, 0.25) is 0 Å². The van der Waals surface area contributed by atoms with Gasteiger partial charge < -0.3 is 16.6 Å². The predicted octanol–water partition coefficient (Wildman–Crippen LogP) is -2.20. The van der Waals surface area contributed by atoms with Crippen LogP contribution in [-0.2, 0) is 24.0 Å². The maximum atomic E-state index is 10.9. The summed E-state index contributed by atoms with van der Waals surface area (Å²) in [5, 5.41) is 4.82. The fourth-order valence-corrected chi connectivity index (χ4v) is 2.48. The standard InChI is InChI=1S/C12H18N2O5S.Na.H/c1-12(2)18-10(7-17-20(14,15)16)11(19-12)8-5-3-4-6-9(8)13;;/h3-6,10-11H,7,13H2,1-2H3,(H2,14,15,16);;/q;+1;-1/t10-,11-;;/m1../s1. The SMILES string of the molecule is CC1(C)O[C@H](c2ccccc2N)[C@@H](COS(N)(=O)=O)O1.[H-].[Na+]. The van der Waals surface area contributed by atoms with Gasteiger partial charge in [-0.15, -0.1) is 0 Å². The maximum Gasteiger partial charge on any atom is 1.00 e. The third kappa shape index (κ3) is 5.19. The zero-order valence-corrected chi connectivity index (χ0v) is 15.1. The van der Waals surface area contributed by atoms with Crippen molar-refractivity contribution in [1.29, 1.82) is 0 Å². The molecule has 1 aromatic carbocycles. The van der Waals surface area contributed by atoms with Gasteiger partial charge in [-0.3, -0.25) is 4.18 Å². The van der Waals surface area contributed by atoms with Gasteiger partial charge in [0.05, 0.1) is 6.61 Å². The smallest absolute Gasteiger partial charge is 1.00 e. The summed E-state index contributed by atoms with van der Waals surface area (Å²) in [5.74, 6) is -0.862. The Hall–Kier alpha value is -0.190. The Morgan fingerprint density at radius 1 is 1.33 bits per heavy atom. The van der Waals surface area contributed by atoms with Crippen LogP contribution in [-0.4, -0.2) is 26.9 Å². The predicted molar refractivity (Wildman–Crippen MR) is 73.8 cm³/mol. The third-order valence-electron chi connectivity index (χ3n) is 2.88. The van der Waals surface area contributed by atoms with E-state index in [9.17, 15) is 8.42 Å². The molecule has 4 N–H and O–H groups in total. The number of benzene rings is 1. The van der Waals surface area contributed by atoms with Gasteiger partial charge in [-0.2, -0.15) is 8.42 Å². The second kappa shape index (κ2) is 6.93. The number of nitrogens with two attached hydrogens (primary N) is 2. The Balaban J connectivity index is 0.00000220. The van der Waals surface area contributed by atoms with Gasteiger partial charge >= 0.3 is 39.9 Å². The van der Waals surface area contributed by atoms with E-state index >= 15 is 0 Å². The number of hydrogen-bond acceptors (Lipinski definition) is 6. The van der Waals surface area contributed by atoms with Crippen LogP contribution >= 0.6 is 0 Å². The van der Waals surface area contributed by atoms with Crippen molar-refractivity contribution < 1.29 is 53.1 Å². The molecule has 2 rings (SSSR count). The molecule has 1 aliphatic heterocycles. The van der Waals surface area contributed by atoms with Gasteiger partial charge in [0.15, 0.2) is 5.79 Å². The van der Waals surface area contributed by atoms with Crippen molar-refractivity contribution in [3.05, 3.63) is 29.8 Å².